The summed E-state index contributed by atoms with van der Waals surface area (Å²) in [5.74, 6) is 0. The lowest BCUT2D eigenvalue weighted by molar-refractivity contribution is 0.586. The van der Waals surface area contributed by atoms with Gasteiger partial charge in [-0.1, -0.05) is 26.8 Å². The largest absolute Gasteiger partial charge is 0.325 e. The van der Waals surface area contributed by atoms with Gasteiger partial charge in [0.25, 0.3) is 0 Å². The molecule has 1 heterocycles. The molecule has 1 rings (SSSR count). The van der Waals surface area contributed by atoms with Crippen molar-refractivity contribution in [3.63, 3.8) is 0 Å². The summed E-state index contributed by atoms with van der Waals surface area (Å²) >= 11 is 0. The maximum atomic E-state index is 5.45. The van der Waals surface area contributed by atoms with Gasteiger partial charge in [0.2, 0.25) is 0 Å². The minimum atomic E-state index is 0. The Bertz CT molecular complexity index is 252. The maximum absolute atomic E-state index is 5.45. The smallest absolute Gasteiger partial charge is 0.0539 e. The Labute approximate surface area is 98.1 Å². The van der Waals surface area contributed by atoms with Crippen molar-refractivity contribution in [3.05, 3.63) is 29.6 Å². The van der Waals surface area contributed by atoms with Crippen LogP contribution in [0.25, 0.3) is 0 Å². The van der Waals surface area contributed by atoms with Crippen molar-refractivity contribution in [1.82, 2.24) is 4.98 Å². The highest BCUT2D eigenvalue weighted by Gasteiger charge is 2.12. The lowest BCUT2D eigenvalue weighted by Gasteiger charge is -2.18. The van der Waals surface area contributed by atoms with Gasteiger partial charge in [0.15, 0.2) is 0 Å². The van der Waals surface area contributed by atoms with E-state index in [2.05, 4.69) is 31.8 Å². The van der Waals surface area contributed by atoms with Gasteiger partial charge in [-0.3, -0.25) is 4.98 Å². The van der Waals surface area contributed by atoms with Crippen LogP contribution in [0.1, 0.15) is 32.0 Å². The van der Waals surface area contributed by atoms with Gasteiger partial charge in [-0.15, -0.1) is 24.8 Å². The zero-order valence-electron chi connectivity index (χ0n) is 8.78. The Balaban J connectivity index is 0. The average Bonchev–Trinajstić information content (AvgIpc) is 2.03. The quantitative estimate of drug-likeness (QED) is 0.815. The van der Waals surface area contributed by atoms with E-state index in [4.69, 9.17) is 5.73 Å². The third kappa shape index (κ3) is 4.27. The van der Waals surface area contributed by atoms with Crippen LogP contribution in [0, 0.1) is 0 Å². The van der Waals surface area contributed by atoms with Crippen LogP contribution in [0.15, 0.2) is 18.3 Å². The number of aromatic nitrogens is 1. The zero-order chi connectivity index (χ0) is 9.19. The van der Waals surface area contributed by atoms with E-state index in [1.165, 1.54) is 5.56 Å². The predicted molar refractivity (Wildman–Crippen MR) is 65.3 cm³/mol. The first-order chi connectivity index (χ1) is 5.54. The molecule has 1 aromatic rings. The summed E-state index contributed by atoms with van der Waals surface area (Å²) in [7, 11) is 0. The molecule has 0 fully saturated rings. The number of nitrogens with zero attached hydrogens (tertiary/aromatic N) is 1. The molecule has 0 aliphatic heterocycles. The minimum absolute atomic E-state index is 0. The molecule has 82 valence electrons. The summed E-state index contributed by atoms with van der Waals surface area (Å²) in [6.45, 7) is 7.04. The second-order valence-corrected chi connectivity index (χ2v) is 3.99. The molecular formula is C10H18Cl2N2. The Morgan fingerprint density at radius 2 is 1.79 bits per heavy atom. The molecule has 0 bridgehead atoms. The summed E-state index contributed by atoms with van der Waals surface area (Å²) in [4.78, 5) is 4.24. The first kappa shape index (κ1) is 16.1. The van der Waals surface area contributed by atoms with Crippen molar-refractivity contribution in [2.75, 3.05) is 0 Å². The fourth-order valence-electron chi connectivity index (χ4n) is 0.989. The summed E-state index contributed by atoms with van der Waals surface area (Å²) in [5.41, 5.74) is 7.82. The van der Waals surface area contributed by atoms with Gasteiger partial charge in [0, 0.05) is 12.7 Å². The van der Waals surface area contributed by atoms with Gasteiger partial charge in [0.05, 0.1) is 5.69 Å². The van der Waals surface area contributed by atoms with E-state index in [0.717, 1.165) is 5.69 Å². The molecule has 0 saturated heterocycles. The van der Waals surface area contributed by atoms with Crippen LogP contribution in [0.4, 0.5) is 0 Å². The van der Waals surface area contributed by atoms with Crippen LogP contribution in [-0.4, -0.2) is 4.98 Å². The van der Waals surface area contributed by atoms with Crippen molar-refractivity contribution in [2.24, 2.45) is 5.73 Å². The number of hydrogen-bond donors (Lipinski definition) is 1. The molecule has 2 nitrogen and oxygen atoms in total. The zero-order valence-corrected chi connectivity index (χ0v) is 10.4. The molecule has 0 aromatic carbocycles. The predicted octanol–water partition coefficient (Wildman–Crippen LogP) is 2.68. The molecule has 0 aliphatic carbocycles. The molecule has 4 heteroatoms. The fraction of sp³-hybridized carbons (Fsp3) is 0.500. The highest BCUT2D eigenvalue weighted by atomic mass is 35.5. The van der Waals surface area contributed by atoms with Crippen molar-refractivity contribution in [3.8, 4) is 0 Å². The van der Waals surface area contributed by atoms with E-state index in [-0.39, 0.29) is 30.2 Å². The van der Waals surface area contributed by atoms with Crippen molar-refractivity contribution in [2.45, 2.75) is 32.7 Å². The van der Waals surface area contributed by atoms with Gasteiger partial charge in [-0.05, 0) is 17.0 Å². The highest BCUT2D eigenvalue weighted by molar-refractivity contribution is 5.85. The molecule has 0 amide bonds. The summed E-state index contributed by atoms with van der Waals surface area (Å²) in [6.07, 6.45) is 1.90. The SMILES string of the molecule is CC(C)(C)c1ccc(CN)nc1.Cl.Cl. The minimum Gasteiger partial charge on any atom is -0.325 e. The molecule has 0 atom stereocenters. The van der Waals surface area contributed by atoms with E-state index in [1.807, 2.05) is 12.3 Å². The molecule has 0 unspecified atom stereocenters. The molecule has 0 aliphatic rings. The number of hydrogen-bond acceptors (Lipinski definition) is 2. The third-order valence-electron chi connectivity index (χ3n) is 1.90. The van der Waals surface area contributed by atoms with E-state index in [0.29, 0.717) is 6.54 Å². The standard InChI is InChI=1S/C10H16N2.2ClH/c1-10(2,3)8-4-5-9(6-11)12-7-8;;/h4-5,7H,6,11H2,1-3H3;2*1H. The van der Waals surface area contributed by atoms with E-state index in [9.17, 15) is 0 Å². The summed E-state index contributed by atoms with van der Waals surface area (Å²) in [6, 6.07) is 4.08. The van der Waals surface area contributed by atoms with Gasteiger partial charge in [-0.2, -0.15) is 0 Å². The van der Waals surface area contributed by atoms with Crippen LogP contribution >= 0.6 is 24.8 Å². The molecule has 1 aromatic heterocycles. The van der Waals surface area contributed by atoms with Crippen LogP contribution in [0.3, 0.4) is 0 Å². The van der Waals surface area contributed by atoms with Gasteiger partial charge < -0.3 is 5.73 Å². The molecule has 0 saturated carbocycles. The molecule has 14 heavy (non-hydrogen) atoms. The van der Waals surface area contributed by atoms with Gasteiger partial charge >= 0.3 is 0 Å². The number of halogens is 2. The third-order valence-corrected chi connectivity index (χ3v) is 1.90. The first-order valence-corrected chi connectivity index (χ1v) is 4.19. The monoisotopic (exact) mass is 236 g/mol. The van der Waals surface area contributed by atoms with E-state index >= 15 is 0 Å². The van der Waals surface area contributed by atoms with E-state index < -0.39 is 0 Å². The van der Waals surface area contributed by atoms with Crippen molar-refractivity contribution in [1.29, 1.82) is 0 Å². The Kier molecular flexibility index (Phi) is 7.17. The highest BCUT2D eigenvalue weighted by Crippen LogP contribution is 2.20. The lowest BCUT2D eigenvalue weighted by atomic mass is 9.88. The number of rotatable bonds is 1. The van der Waals surface area contributed by atoms with Crippen molar-refractivity contribution < 1.29 is 0 Å². The average molecular weight is 237 g/mol. The summed E-state index contributed by atoms with van der Waals surface area (Å²) in [5, 5.41) is 0. The van der Waals surface area contributed by atoms with Crippen LogP contribution in [0.5, 0.6) is 0 Å². The Morgan fingerprint density at radius 3 is 2.07 bits per heavy atom. The Morgan fingerprint density at radius 1 is 1.21 bits per heavy atom. The molecule has 0 radical (unpaired) electrons. The number of nitrogens with two attached hydrogens (primary N) is 1. The molecule has 0 spiro atoms. The lowest BCUT2D eigenvalue weighted by Crippen LogP contribution is -2.12. The number of pyridine rings is 1. The maximum Gasteiger partial charge on any atom is 0.0539 e. The van der Waals surface area contributed by atoms with Gasteiger partial charge in [-0.25, -0.2) is 0 Å². The molecule has 2 N–H and O–H groups in total. The van der Waals surface area contributed by atoms with Crippen molar-refractivity contribution >= 4 is 24.8 Å². The van der Waals surface area contributed by atoms with Gasteiger partial charge in [0.1, 0.15) is 0 Å². The van der Waals surface area contributed by atoms with Crippen LogP contribution in [-0.2, 0) is 12.0 Å². The fourth-order valence-corrected chi connectivity index (χ4v) is 0.989. The second kappa shape index (κ2) is 6.23. The van der Waals surface area contributed by atoms with Crippen LogP contribution < -0.4 is 5.73 Å². The Hall–Kier alpha value is -0.310. The molecular weight excluding hydrogens is 219 g/mol. The van der Waals surface area contributed by atoms with E-state index in [1.54, 1.807) is 0 Å². The summed E-state index contributed by atoms with van der Waals surface area (Å²) < 4.78 is 0. The second-order valence-electron chi connectivity index (χ2n) is 3.99. The topological polar surface area (TPSA) is 38.9 Å². The first-order valence-electron chi connectivity index (χ1n) is 4.19. The van der Waals surface area contributed by atoms with Crippen LogP contribution in [0.2, 0.25) is 0 Å². The normalized spacial score (nSPS) is 10.0.